The Hall–Kier alpha value is -2.24. The van der Waals surface area contributed by atoms with Gasteiger partial charge < -0.3 is 9.99 Å². The van der Waals surface area contributed by atoms with Crippen LogP contribution in [0.15, 0.2) is 23.0 Å². The van der Waals surface area contributed by atoms with Crippen LogP contribution < -0.4 is 10.6 Å². The van der Waals surface area contributed by atoms with E-state index in [1.807, 2.05) is 25.1 Å². The Morgan fingerprint density at radius 1 is 1.32 bits per heavy atom. The van der Waals surface area contributed by atoms with E-state index in [4.69, 9.17) is 21.8 Å². The van der Waals surface area contributed by atoms with Crippen molar-refractivity contribution in [2.24, 2.45) is 0 Å². The Labute approximate surface area is 114 Å². The third-order valence-electron chi connectivity index (χ3n) is 2.43. The number of aromatic amines is 1. The van der Waals surface area contributed by atoms with Crippen molar-refractivity contribution in [2.75, 3.05) is 19.1 Å². The minimum atomic E-state index is -0.0937. The van der Waals surface area contributed by atoms with Crippen LogP contribution in [-0.2, 0) is 9.59 Å². The molecule has 0 radical (unpaired) electrons. The minimum Gasteiger partial charge on any atom is -0.330 e. The monoisotopic (exact) mass is 279 g/mol. The Kier molecular flexibility index (Phi) is 4.74. The van der Waals surface area contributed by atoms with Gasteiger partial charge in [-0.05, 0) is 36.8 Å². The zero-order valence-electron chi connectivity index (χ0n) is 10.8. The summed E-state index contributed by atoms with van der Waals surface area (Å²) in [5, 5.41) is 2.31. The average molecular weight is 279 g/mol. The van der Waals surface area contributed by atoms with E-state index in [2.05, 4.69) is 4.98 Å². The highest BCUT2D eigenvalue weighted by Gasteiger charge is 2.06. The first-order valence-corrected chi connectivity index (χ1v) is 5.75. The second-order valence-corrected chi connectivity index (χ2v) is 4.41. The van der Waals surface area contributed by atoms with Gasteiger partial charge in [0.1, 0.15) is 0 Å². The zero-order valence-corrected chi connectivity index (χ0v) is 11.6. The van der Waals surface area contributed by atoms with Crippen molar-refractivity contribution < 1.29 is 9.59 Å². The normalized spacial score (nSPS) is 9.42. The lowest BCUT2D eigenvalue weighted by atomic mass is 10.2. The number of nitrogens with one attached hydrogen (secondary N) is 1. The van der Waals surface area contributed by atoms with E-state index < -0.39 is 0 Å². The van der Waals surface area contributed by atoms with Gasteiger partial charge in [-0.25, -0.2) is 0 Å². The van der Waals surface area contributed by atoms with E-state index in [9.17, 15) is 4.79 Å². The number of aryl methyl sites for hydroxylation is 1. The minimum absolute atomic E-state index is 0.0937. The molecule has 7 heteroatoms. The zero-order chi connectivity index (χ0) is 14.6. The van der Waals surface area contributed by atoms with E-state index in [1.54, 1.807) is 19.1 Å². The average Bonchev–Trinajstić information content (AvgIpc) is 2.28. The van der Waals surface area contributed by atoms with E-state index in [0.717, 1.165) is 11.1 Å². The van der Waals surface area contributed by atoms with Crippen LogP contribution in [0.3, 0.4) is 0 Å². The second kappa shape index (κ2) is 6.08. The van der Waals surface area contributed by atoms with Gasteiger partial charge in [0.25, 0.3) is 5.56 Å². The van der Waals surface area contributed by atoms with Crippen LogP contribution in [0.2, 0.25) is 0 Å². The molecule has 0 aliphatic heterocycles. The fourth-order valence-corrected chi connectivity index (χ4v) is 2.04. The summed E-state index contributed by atoms with van der Waals surface area (Å²) in [6.07, 6.45) is 0.250. The van der Waals surface area contributed by atoms with E-state index in [0.29, 0.717) is 10.2 Å². The third-order valence-corrected chi connectivity index (χ3v) is 2.71. The maximum atomic E-state index is 12.1. The molecule has 0 spiro atoms. The van der Waals surface area contributed by atoms with Crippen molar-refractivity contribution in [1.29, 1.82) is 0 Å². The summed E-state index contributed by atoms with van der Waals surface area (Å²) in [6, 6.07) is 5.66. The maximum Gasteiger partial charge on any atom is 0.373 e. The summed E-state index contributed by atoms with van der Waals surface area (Å²) in [7, 11) is 3.57. The molecule has 1 aromatic carbocycles. The summed E-state index contributed by atoms with van der Waals surface area (Å²) >= 11 is 5.15. The van der Waals surface area contributed by atoms with Crippen molar-refractivity contribution in [3.63, 3.8) is 0 Å². The lowest BCUT2D eigenvalue weighted by molar-refractivity contribution is -0.191. The van der Waals surface area contributed by atoms with E-state index >= 15 is 0 Å². The van der Waals surface area contributed by atoms with E-state index in [1.165, 1.54) is 4.68 Å². The lowest BCUT2D eigenvalue weighted by Crippen LogP contribution is -2.37. The molecule has 0 unspecified atom stereocenters. The quantitative estimate of drug-likeness (QED) is 0.788. The SMILES string of the molecule is Cc1ccc2c(=O)n(N(C)C)c(=S)[nH]c2c1.O=C=O. The number of fused-ring (bicyclic) bond motifs is 1. The molecule has 100 valence electrons. The Balaban J connectivity index is 0.000000550. The fourth-order valence-electron chi connectivity index (χ4n) is 1.69. The van der Waals surface area contributed by atoms with Crippen molar-refractivity contribution >= 4 is 29.3 Å². The van der Waals surface area contributed by atoms with Crippen molar-refractivity contribution in [3.8, 4) is 0 Å². The first-order valence-electron chi connectivity index (χ1n) is 5.35. The van der Waals surface area contributed by atoms with Gasteiger partial charge in [0.05, 0.1) is 10.9 Å². The summed E-state index contributed by atoms with van der Waals surface area (Å²) < 4.78 is 1.85. The highest BCUT2D eigenvalue weighted by molar-refractivity contribution is 7.71. The van der Waals surface area contributed by atoms with Gasteiger partial charge in [-0.15, -0.1) is 0 Å². The standard InChI is InChI=1S/C11H13N3OS.CO2/c1-7-4-5-8-9(6-7)12-11(16)14(10(8)15)13(2)3;2-1-3/h4-6H,1-3H3,(H,12,16);. The van der Waals surface area contributed by atoms with Crippen LogP contribution in [0.1, 0.15) is 5.56 Å². The molecule has 0 saturated heterocycles. The van der Waals surface area contributed by atoms with Crippen LogP contribution in [0, 0.1) is 11.7 Å². The number of benzene rings is 1. The number of rotatable bonds is 1. The molecule has 0 bridgehead atoms. The van der Waals surface area contributed by atoms with Crippen LogP contribution in [0.5, 0.6) is 0 Å². The predicted molar refractivity (Wildman–Crippen MR) is 73.2 cm³/mol. The van der Waals surface area contributed by atoms with Gasteiger partial charge in [-0.2, -0.15) is 14.3 Å². The van der Waals surface area contributed by atoms with Crippen LogP contribution >= 0.6 is 12.2 Å². The number of H-pyrrole nitrogens is 1. The number of aromatic nitrogens is 2. The molecule has 0 fully saturated rings. The Morgan fingerprint density at radius 2 is 1.89 bits per heavy atom. The molecule has 19 heavy (non-hydrogen) atoms. The molecule has 0 aliphatic carbocycles. The Morgan fingerprint density at radius 3 is 2.42 bits per heavy atom. The Bertz CT molecular complexity index is 740. The van der Waals surface area contributed by atoms with Gasteiger partial charge >= 0.3 is 6.15 Å². The summed E-state index contributed by atoms with van der Waals surface area (Å²) in [4.78, 5) is 31.4. The van der Waals surface area contributed by atoms with Gasteiger partial charge in [-0.1, -0.05) is 6.07 Å². The highest BCUT2D eigenvalue weighted by atomic mass is 32.1. The molecular formula is C12H13N3O3S. The molecule has 1 heterocycles. The molecule has 1 aromatic heterocycles. The third kappa shape index (κ3) is 3.15. The van der Waals surface area contributed by atoms with Crippen LogP contribution in [0.25, 0.3) is 10.9 Å². The number of hydrogen-bond acceptors (Lipinski definition) is 5. The fraction of sp³-hybridized carbons (Fsp3) is 0.250. The number of carbonyl (C=O) groups excluding carboxylic acids is 2. The van der Waals surface area contributed by atoms with Gasteiger partial charge in [0.15, 0.2) is 4.77 Å². The molecule has 6 nitrogen and oxygen atoms in total. The number of hydrogen-bond donors (Lipinski definition) is 1. The highest BCUT2D eigenvalue weighted by Crippen LogP contribution is 2.09. The molecule has 2 rings (SSSR count). The predicted octanol–water partition coefficient (Wildman–Crippen LogP) is 0.982. The first-order chi connectivity index (χ1) is 8.92. The second-order valence-electron chi connectivity index (χ2n) is 4.03. The van der Waals surface area contributed by atoms with Crippen molar-refractivity contribution in [2.45, 2.75) is 6.92 Å². The van der Waals surface area contributed by atoms with Crippen LogP contribution in [-0.4, -0.2) is 29.9 Å². The van der Waals surface area contributed by atoms with Crippen molar-refractivity contribution in [3.05, 3.63) is 38.9 Å². The first kappa shape index (κ1) is 14.8. The van der Waals surface area contributed by atoms with Gasteiger partial charge in [0, 0.05) is 14.1 Å². The largest absolute Gasteiger partial charge is 0.373 e. The maximum absolute atomic E-state index is 12.1. The summed E-state index contributed by atoms with van der Waals surface area (Å²) in [6.45, 7) is 1.98. The number of nitrogens with zero attached hydrogens (tertiary/aromatic N) is 2. The molecule has 1 N–H and O–H groups in total. The van der Waals surface area contributed by atoms with Crippen molar-refractivity contribution in [1.82, 2.24) is 9.66 Å². The van der Waals surface area contributed by atoms with Gasteiger partial charge in [-0.3, -0.25) is 4.79 Å². The molecular weight excluding hydrogens is 266 g/mol. The summed E-state index contributed by atoms with van der Waals surface area (Å²) in [5.41, 5.74) is 1.79. The van der Waals surface area contributed by atoms with E-state index in [-0.39, 0.29) is 11.7 Å². The lowest BCUT2D eigenvalue weighted by Gasteiger charge is -2.16. The smallest absolute Gasteiger partial charge is 0.330 e. The topological polar surface area (TPSA) is 75.2 Å². The molecule has 0 aliphatic rings. The molecule has 2 aromatic rings. The molecule has 0 amide bonds. The molecule has 0 atom stereocenters. The summed E-state index contributed by atoms with van der Waals surface area (Å²) in [5.74, 6) is 0. The molecule has 0 saturated carbocycles. The van der Waals surface area contributed by atoms with Crippen LogP contribution in [0.4, 0.5) is 0 Å². The van der Waals surface area contributed by atoms with Gasteiger partial charge in [0.2, 0.25) is 0 Å².